The summed E-state index contributed by atoms with van der Waals surface area (Å²) >= 11 is 0. The van der Waals surface area contributed by atoms with E-state index in [0.717, 1.165) is 32.1 Å². The van der Waals surface area contributed by atoms with Crippen molar-refractivity contribution in [1.29, 1.82) is 0 Å². The molecule has 1 N–H and O–H groups in total. The van der Waals surface area contributed by atoms with Gasteiger partial charge in [0.1, 0.15) is 0 Å². The van der Waals surface area contributed by atoms with Gasteiger partial charge in [0.2, 0.25) is 0 Å². The second-order valence-corrected chi connectivity index (χ2v) is 12.1. The average Bonchev–Trinajstić information content (AvgIpc) is 3.05. The summed E-state index contributed by atoms with van der Waals surface area (Å²) in [6.07, 6.45) is 9.33. The van der Waals surface area contributed by atoms with Crippen molar-refractivity contribution in [1.82, 2.24) is 0 Å². The Hall–Kier alpha value is -0.510. The van der Waals surface area contributed by atoms with Crippen molar-refractivity contribution in [3.8, 4) is 0 Å². The first kappa shape index (κ1) is 26.1. The van der Waals surface area contributed by atoms with Gasteiger partial charge in [-0.05, 0) is 106 Å². The summed E-state index contributed by atoms with van der Waals surface area (Å²) in [5, 5.41) is 10.6. The van der Waals surface area contributed by atoms with E-state index < -0.39 is 17.7 Å². The van der Waals surface area contributed by atoms with Gasteiger partial charge in [-0.25, -0.2) is 0 Å². The Balaban J connectivity index is 0.00000141. The van der Waals surface area contributed by atoms with Crippen molar-refractivity contribution in [3.63, 3.8) is 0 Å². The highest BCUT2D eigenvalue weighted by atomic mass is 19.4. The SMILES string of the molecule is CC.CC(CCCC1CCC2C3CCC4C[C@@](C)(O)CCC4(C)C3=CCC12C)C(F)(F)F. The zero-order chi connectivity index (χ0) is 23.9. The van der Waals surface area contributed by atoms with E-state index in [1.807, 2.05) is 20.8 Å². The van der Waals surface area contributed by atoms with E-state index in [-0.39, 0.29) is 17.3 Å². The maximum atomic E-state index is 12.9. The normalized spacial score (nSPS) is 44.4. The van der Waals surface area contributed by atoms with Crippen molar-refractivity contribution < 1.29 is 18.3 Å². The predicted octanol–water partition coefficient (Wildman–Crippen LogP) is 8.71. The van der Waals surface area contributed by atoms with Gasteiger partial charge in [0, 0.05) is 0 Å². The Morgan fingerprint density at radius 3 is 2.41 bits per heavy atom. The summed E-state index contributed by atoms with van der Waals surface area (Å²) < 4.78 is 38.6. The summed E-state index contributed by atoms with van der Waals surface area (Å²) in [6.45, 7) is 12.2. The summed E-state index contributed by atoms with van der Waals surface area (Å²) in [5.74, 6) is 1.33. The molecule has 7 unspecified atom stereocenters. The largest absolute Gasteiger partial charge is 0.391 e. The Morgan fingerprint density at radius 1 is 1.06 bits per heavy atom. The van der Waals surface area contributed by atoms with Gasteiger partial charge in [0.05, 0.1) is 11.5 Å². The lowest BCUT2D eigenvalue weighted by molar-refractivity contribution is -0.171. The molecule has 0 radical (unpaired) electrons. The number of aliphatic hydroxyl groups is 1. The highest BCUT2D eigenvalue weighted by molar-refractivity contribution is 5.29. The minimum atomic E-state index is -4.05. The van der Waals surface area contributed by atoms with Crippen LogP contribution in [0.15, 0.2) is 11.6 Å². The molecule has 4 rings (SSSR count). The highest BCUT2D eigenvalue weighted by Crippen LogP contribution is 2.66. The van der Waals surface area contributed by atoms with Gasteiger partial charge in [-0.3, -0.25) is 0 Å². The molecule has 0 aromatic heterocycles. The van der Waals surface area contributed by atoms with Crippen LogP contribution in [0.5, 0.6) is 0 Å². The molecule has 4 aliphatic carbocycles. The molecule has 32 heavy (non-hydrogen) atoms. The van der Waals surface area contributed by atoms with Gasteiger partial charge < -0.3 is 5.11 Å². The molecule has 0 saturated heterocycles. The fourth-order valence-corrected chi connectivity index (χ4v) is 8.11. The maximum absolute atomic E-state index is 12.9. The summed E-state index contributed by atoms with van der Waals surface area (Å²) in [6, 6.07) is 0. The fraction of sp³-hybridized carbons (Fsp3) is 0.929. The number of halogens is 3. The third-order valence-electron chi connectivity index (χ3n) is 10.3. The number of rotatable bonds is 4. The van der Waals surface area contributed by atoms with Crippen LogP contribution < -0.4 is 0 Å². The van der Waals surface area contributed by atoms with E-state index in [2.05, 4.69) is 19.9 Å². The van der Waals surface area contributed by atoms with Crippen LogP contribution in [0, 0.1) is 40.4 Å². The van der Waals surface area contributed by atoms with E-state index in [9.17, 15) is 18.3 Å². The Kier molecular flexibility index (Phi) is 7.56. The molecular weight excluding hydrogens is 409 g/mol. The van der Waals surface area contributed by atoms with Crippen LogP contribution in [0.2, 0.25) is 0 Å². The first-order valence-electron chi connectivity index (χ1n) is 13.4. The molecule has 0 aromatic carbocycles. The Morgan fingerprint density at radius 2 is 1.75 bits per heavy atom. The zero-order valence-electron chi connectivity index (χ0n) is 21.3. The topological polar surface area (TPSA) is 20.2 Å². The molecule has 186 valence electrons. The molecule has 4 heteroatoms. The quantitative estimate of drug-likeness (QED) is 0.419. The molecule has 4 aliphatic rings. The maximum Gasteiger partial charge on any atom is 0.391 e. The highest BCUT2D eigenvalue weighted by Gasteiger charge is 2.57. The van der Waals surface area contributed by atoms with Crippen LogP contribution in [0.3, 0.4) is 0 Å². The minimum Gasteiger partial charge on any atom is -0.390 e. The van der Waals surface area contributed by atoms with E-state index in [4.69, 9.17) is 0 Å². The van der Waals surface area contributed by atoms with Gasteiger partial charge in [-0.1, -0.05) is 52.7 Å². The average molecular weight is 457 g/mol. The van der Waals surface area contributed by atoms with Gasteiger partial charge in [-0.2, -0.15) is 13.2 Å². The second-order valence-electron chi connectivity index (χ2n) is 12.1. The second kappa shape index (κ2) is 9.27. The molecule has 0 aromatic rings. The molecular formula is C28H47F3O. The molecule has 0 bridgehead atoms. The number of fused-ring (bicyclic) bond motifs is 5. The van der Waals surface area contributed by atoms with Crippen molar-refractivity contribution in [2.24, 2.45) is 40.4 Å². The summed E-state index contributed by atoms with van der Waals surface area (Å²) in [4.78, 5) is 0. The van der Waals surface area contributed by atoms with Crippen molar-refractivity contribution in [3.05, 3.63) is 11.6 Å². The minimum absolute atomic E-state index is 0.243. The van der Waals surface area contributed by atoms with E-state index >= 15 is 0 Å². The molecule has 3 saturated carbocycles. The molecule has 1 nitrogen and oxygen atoms in total. The lowest BCUT2D eigenvalue weighted by Gasteiger charge is -2.58. The number of hydrogen-bond acceptors (Lipinski definition) is 1. The van der Waals surface area contributed by atoms with Crippen LogP contribution in [-0.4, -0.2) is 16.9 Å². The molecule has 8 atom stereocenters. The third-order valence-corrected chi connectivity index (χ3v) is 10.3. The standard InChI is InChI=1S/C26H41F3O.C2H6/c1-17(26(27,28)29)6-5-7-18-9-11-21-20-10-8-19-16-23(2,30)14-15-25(19,4)22(20)12-13-24(18,21)3;1-2/h12,17-21,30H,5-11,13-16H2,1-4H3;1-2H3/t17?,18?,19?,20?,21?,23-,24?,25?;/m0./s1. The predicted molar refractivity (Wildman–Crippen MR) is 126 cm³/mol. The van der Waals surface area contributed by atoms with Crippen molar-refractivity contribution in [2.45, 2.75) is 124 Å². The van der Waals surface area contributed by atoms with Crippen LogP contribution >= 0.6 is 0 Å². The van der Waals surface area contributed by atoms with Crippen LogP contribution in [0.1, 0.15) is 112 Å². The summed E-state index contributed by atoms with van der Waals surface area (Å²) in [7, 11) is 0. The van der Waals surface area contributed by atoms with E-state index in [0.29, 0.717) is 30.1 Å². The summed E-state index contributed by atoms with van der Waals surface area (Å²) in [5.41, 5.74) is 1.68. The Labute approximate surface area is 194 Å². The zero-order valence-corrected chi connectivity index (χ0v) is 21.3. The number of alkyl halides is 3. The lowest BCUT2D eigenvalue weighted by Crippen LogP contribution is -2.50. The first-order chi connectivity index (χ1) is 14.9. The first-order valence-corrected chi connectivity index (χ1v) is 13.4. The lowest BCUT2D eigenvalue weighted by atomic mass is 9.47. The molecule has 0 spiro atoms. The van der Waals surface area contributed by atoms with E-state index in [1.54, 1.807) is 5.57 Å². The van der Waals surface area contributed by atoms with Crippen molar-refractivity contribution >= 4 is 0 Å². The smallest absolute Gasteiger partial charge is 0.390 e. The van der Waals surface area contributed by atoms with Gasteiger partial charge in [-0.15, -0.1) is 0 Å². The molecule has 0 heterocycles. The number of hydrogen-bond donors (Lipinski definition) is 1. The molecule has 0 amide bonds. The monoisotopic (exact) mass is 456 g/mol. The molecule has 3 fully saturated rings. The Bertz CT molecular complexity index is 681. The van der Waals surface area contributed by atoms with Gasteiger partial charge in [0.25, 0.3) is 0 Å². The third kappa shape index (κ3) is 4.68. The fourth-order valence-electron chi connectivity index (χ4n) is 8.11. The number of allylic oxidation sites excluding steroid dienone is 2. The van der Waals surface area contributed by atoms with Crippen molar-refractivity contribution in [2.75, 3.05) is 0 Å². The van der Waals surface area contributed by atoms with Crippen LogP contribution in [0.4, 0.5) is 13.2 Å². The van der Waals surface area contributed by atoms with Gasteiger partial charge in [0.15, 0.2) is 0 Å². The van der Waals surface area contributed by atoms with Crippen LogP contribution in [-0.2, 0) is 0 Å². The van der Waals surface area contributed by atoms with E-state index in [1.165, 1.54) is 32.6 Å². The van der Waals surface area contributed by atoms with Crippen LogP contribution in [0.25, 0.3) is 0 Å². The van der Waals surface area contributed by atoms with Gasteiger partial charge >= 0.3 is 6.18 Å². The molecule has 0 aliphatic heterocycles.